The number of hydrogen-bond acceptors (Lipinski definition) is 5. The molecule has 1 aromatic heterocycles. The number of carboxylic acids is 1. The maximum Gasteiger partial charge on any atom is 0.337 e. The topological polar surface area (TPSA) is 95.0 Å². The number of pyridine rings is 1. The van der Waals surface area contributed by atoms with E-state index in [0.29, 0.717) is 25.2 Å². The fourth-order valence-electron chi connectivity index (χ4n) is 3.23. The van der Waals surface area contributed by atoms with E-state index < -0.39 is 5.97 Å². The molecular weight excluding hydrogens is 360 g/mol. The standard InChI is InChI=1S/C20H24N4O4/c1-3-16-15(19(25)26)13-17(18(21-16)28-2)22-20(27)24-11-9-23(10-12-24)14-7-5-4-6-8-14/h4-8,13H,3,9-12H2,1-2H3,(H,22,27)(H,25,26). The molecule has 0 atom stereocenters. The minimum atomic E-state index is -1.08. The molecule has 1 aromatic carbocycles. The summed E-state index contributed by atoms with van der Waals surface area (Å²) in [5.41, 5.74) is 1.87. The van der Waals surface area contributed by atoms with Crippen LogP contribution in [-0.2, 0) is 6.42 Å². The van der Waals surface area contributed by atoms with Gasteiger partial charge in [0, 0.05) is 31.9 Å². The molecule has 28 heavy (non-hydrogen) atoms. The number of ether oxygens (including phenoxy) is 1. The number of hydrogen-bond donors (Lipinski definition) is 2. The van der Waals surface area contributed by atoms with E-state index in [9.17, 15) is 14.7 Å². The second-order valence-electron chi connectivity index (χ2n) is 6.44. The molecule has 0 spiro atoms. The summed E-state index contributed by atoms with van der Waals surface area (Å²) in [6.07, 6.45) is 0.452. The van der Waals surface area contributed by atoms with E-state index in [1.807, 2.05) is 25.1 Å². The van der Waals surface area contributed by atoms with Gasteiger partial charge in [-0.3, -0.25) is 0 Å². The molecule has 1 saturated heterocycles. The number of nitrogens with one attached hydrogen (secondary N) is 1. The molecule has 0 unspecified atom stereocenters. The number of carbonyl (C=O) groups excluding carboxylic acids is 1. The van der Waals surface area contributed by atoms with Crippen LogP contribution in [-0.4, -0.2) is 60.3 Å². The van der Waals surface area contributed by atoms with Gasteiger partial charge in [0.1, 0.15) is 5.69 Å². The van der Waals surface area contributed by atoms with Crippen molar-refractivity contribution in [2.24, 2.45) is 0 Å². The highest BCUT2D eigenvalue weighted by Gasteiger charge is 2.23. The minimum Gasteiger partial charge on any atom is -0.480 e. The van der Waals surface area contributed by atoms with Crippen LogP contribution in [0.25, 0.3) is 0 Å². The van der Waals surface area contributed by atoms with Gasteiger partial charge in [0.2, 0.25) is 5.88 Å². The molecule has 1 aliphatic heterocycles. The number of aryl methyl sites for hydroxylation is 1. The van der Waals surface area contributed by atoms with Gasteiger partial charge >= 0.3 is 12.0 Å². The highest BCUT2D eigenvalue weighted by molar-refractivity contribution is 5.95. The van der Waals surface area contributed by atoms with Crippen LogP contribution in [0.5, 0.6) is 5.88 Å². The molecule has 1 aliphatic rings. The average molecular weight is 384 g/mol. The lowest BCUT2D eigenvalue weighted by molar-refractivity contribution is 0.0695. The van der Waals surface area contributed by atoms with E-state index in [1.165, 1.54) is 13.2 Å². The zero-order chi connectivity index (χ0) is 20.1. The first-order valence-corrected chi connectivity index (χ1v) is 9.20. The molecule has 2 aromatic rings. The van der Waals surface area contributed by atoms with E-state index in [4.69, 9.17) is 4.74 Å². The fourth-order valence-corrected chi connectivity index (χ4v) is 3.23. The van der Waals surface area contributed by atoms with Gasteiger partial charge < -0.3 is 25.0 Å². The summed E-state index contributed by atoms with van der Waals surface area (Å²) < 4.78 is 5.24. The predicted octanol–water partition coefficient (Wildman–Crippen LogP) is 2.70. The summed E-state index contributed by atoms with van der Waals surface area (Å²) in [7, 11) is 1.44. The average Bonchev–Trinajstić information content (AvgIpc) is 2.74. The molecule has 2 N–H and O–H groups in total. The Hall–Kier alpha value is -3.29. The number of para-hydroxylation sites is 1. The van der Waals surface area contributed by atoms with Gasteiger partial charge in [-0.2, -0.15) is 0 Å². The first kappa shape index (κ1) is 19.5. The molecule has 8 heteroatoms. The summed E-state index contributed by atoms with van der Waals surface area (Å²) in [4.78, 5) is 32.3. The van der Waals surface area contributed by atoms with E-state index in [0.717, 1.165) is 18.8 Å². The SMILES string of the molecule is CCc1nc(OC)c(NC(=O)N2CCN(c3ccccc3)CC2)cc1C(=O)O. The van der Waals surface area contributed by atoms with Crippen molar-refractivity contribution in [3.8, 4) is 5.88 Å². The predicted molar refractivity (Wildman–Crippen MR) is 106 cm³/mol. The Bertz CT molecular complexity index is 849. The van der Waals surface area contributed by atoms with E-state index in [1.54, 1.807) is 4.90 Å². The first-order chi connectivity index (χ1) is 13.5. The van der Waals surface area contributed by atoms with Crippen molar-refractivity contribution < 1.29 is 19.4 Å². The number of urea groups is 1. The normalized spacial score (nSPS) is 13.9. The summed E-state index contributed by atoms with van der Waals surface area (Å²) in [6.45, 7) is 4.40. The number of carboxylic acid groups (broad SMARTS) is 1. The Balaban J connectivity index is 1.70. The Kier molecular flexibility index (Phi) is 5.98. The number of aromatic carboxylic acids is 1. The van der Waals surface area contributed by atoms with Crippen molar-refractivity contribution in [1.82, 2.24) is 9.88 Å². The largest absolute Gasteiger partial charge is 0.480 e. The van der Waals surface area contributed by atoms with Gasteiger partial charge in [-0.25, -0.2) is 14.6 Å². The number of carbonyl (C=O) groups is 2. The van der Waals surface area contributed by atoms with Crippen molar-refractivity contribution in [1.29, 1.82) is 0 Å². The van der Waals surface area contributed by atoms with Gasteiger partial charge in [0.25, 0.3) is 0 Å². The molecule has 148 valence electrons. The van der Waals surface area contributed by atoms with E-state index in [2.05, 4.69) is 27.3 Å². The number of benzene rings is 1. The Labute approximate surface area is 163 Å². The second kappa shape index (κ2) is 8.60. The van der Waals surface area contributed by atoms with Gasteiger partial charge in [0.05, 0.1) is 18.4 Å². The van der Waals surface area contributed by atoms with Crippen molar-refractivity contribution in [2.45, 2.75) is 13.3 Å². The Morgan fingerprint density at radius 2 is 1.86 bits per heavy atom. The number of rotatable bonds is 5. The van der Waals surface area contributed by atoms with Crippen LogP contribution in [0, 0.1) is 0 Å². The smallest absolute Gasteiger partial charge is 0.337 e. The quantitative estimate of drug-likeness (QED) is 0.823. The third-order valence-electron chi connectivity index (χ3n) is 4.75. The molecule has 3 rings (SSSR count). The summed E-state index contributed by atoms with van der Waals surface area (Å²) in [6, 6.07) is 11.2. The third-order valence-corrected chi connectivity index (χ3v) is 4.75. The highest BCUT2D eigenvalue weighted by Crippen LogP contribution is 2.26. The van der Waals surface area contributed by atoms with E-state index in [-0.39, 0.29) is 23.2 Å². The molecule has 1 fully saturated rings. The summed E-state index contributed by atoms with van der Waals surface area (Å²) in [5.74, 6) is -0.878. The molecule has 0 bridgehead atoms. The Morgan fingerprint density at radius 3 is 2.43 bits per heavy atom. The number of anilines is 2. The van der Waals surface area contributed by atoms with Gasteiger partial charge in [0.15, 0.2) is 0 Å². The molecular formula is C20H24N4O4. The lowest BCUT2D eigenvalue weighted by Crippen LogP contribution is -2.50. The lowest BCUT2D eigenvalue weighted by atomic mass is 10.1. The van der Waals surface area contributed by atoms with Crippen molar-refractivity contribution >= 4 is 23.4 Å². The van der Waals surface area contributed by atoms with Crippen LogP contribution in [0.3, 0.4) is 0 Å². The molecule has 0 aliphatic carbocycles. The second-order valence-corrected chi connectivity index (χ2v) is 6.44. The maximum atomic E-state index is 12.7. The highest BCUT2D eigenvalue weighted by atomic mass is 16.5. The van der Waals surface area contributed by atoms with Crippen LogP contribution in [0.15, 0.2) is 36.4 Å². The molecule has 8 nitrogen and oxygen atoms in total. The van der Waals surface area contributed by atoms with Gasteiger partial charge in [-0.15, -0.1) is 0 Å². The molecule has 2 heterocycles. The van der Waals surface area contributed by atoms with Crippen LogP contribution in [0.2, 0.25) is 0 Å². The van der Waals surface area contributed by atoms with Crippen molar-refractivity contribution in [2.75, 3.05) is 43.5 Å². The molecule has 2 amide bonds. The number of aromatic nitrogens is 1. The maximum absolute atomic E-state index is 12.7. The molecule has 0 radical (unpaired) electrons. The molecule has 0 saturated carbocycles. The number of nitrogens with zero attached hydrogens (tertiary/aromatic N) is 3. The van der Waals surface area contributed by atoms with E-state index >= 15 is 0 Å². The fraction of sp³-hybridized carbons (Fsp3) is 0.350. The number of methoxy groups -OCH3 is 1. The van der Waals surface area contributed by atoms with Gasteiger partial charge in [-0.05, 0) is 24.6 Å². The minimum absolute atomic E-state index is 0.0625. The first-order valence-electron chi connectivity index (χ1n) is 9.20. The van der Waals surface area contributed by atoms with Crippen LogP contribution >= 0.6 is 0 Å². The van der Waals surface area contributed by atoms with Crippen molar-refractivity contribution in [3.05, 3.63) is 47.7 Å². The van der Waals surface area contributed by atoms with Crippen molar-refractivity contribution in [3.63, 3.8) is 0 Å². The zero-order valence-corrected chi connectivity index (χ0v) is 16.0. The summed E-state index contributed by atoms with van der Waals surface area (Å²) in [5, 5.41) is 12.1. The number of piperazine rings is 1. The monoisotopic (exact) mass is 384 g/mol. The summed E-state index contributed by atoms with van der Waals surface area (Å²) >= 11 is 0. The lowest BCUT2D eigenvalue weighted by Gasteiger charge is -2.36. The number of amides is 2. The van der Waals surface area contributed by atoms with Gasteiger partial charge in [-0.1, -0.05) is 25.1 Å². The zero-order valence-electron chi connectivity index (χ0n) is 16.0. The Morgan fingerprint density at radius 1 is 1.18 bits per heavy atom. The van der Waals surface area contributed by atoms with Crippen LogP contribution in [0.1, 0.15) is 23.0 Å². The van der Waals surface area contributed by atoms with Crippen LogP contribution in [0.4, 0.5) is 16.2 Å². The third kappa shape index (κ3) is 4.16. The van der Waals surface area contributed by atoms with Crippen LogP contribution < -0.4 is 15.0 Å².